The van der Waals surface area contributed by atoms with Crippen LogP contribution in [0.25, 0.3) is 177 Å². The van der Waals surface area contributed by atoms with Gasteiger partial charge in [-0.05, 0) is 197 Å². The van der Waals surface area contributed by atoms with Crippen LogP contribution in [0.1, 0.15) is 18.1 Å². The summed E-state index contributed by atoms with van der Waals surface area (Å²) in [5.41, 5.74) is 18.7. The monoisotopic (exact) mass is 1240 g/mol. The molecule has 0 nitrogen and oxygen atoms in total. The average molecular weight is 1250 g/mol. The van der Waals surface area contributed by atoms with E-state index in [4.69, 9.17) is 0 Å². The lowest BCUT2D eigenvalue weighted by Crippen LogP contribution is -2.31. The predicted octanol–water partition coefficient (Wildman–Crippen LogP) is 26.7. The van der Waals surface area contributed by atoms with Crippen LogP contribution in [-0.2, 0) is 5.41 Å². The van der Waals surface area contributed by atoms with Gasteiger partial charge >= 0.3 is 0 Å². The largest absolute Gasteiger partial charge is 0.135 e. The van der Waals surface area contributed by atoms with E-state index in [0.29, 0.717) is 0 Å². The van der Waals surface area contributed by atoms with Crippen molar-refractivity contribution in [3.05, 3.63) is 327 Å². The molecule has 0 saturated heterocycles. The Morgan fingerprint density at radius 1 is 0.266 bits per heavy atom. The van der Waals surface area contributed by atoms with Gasteiger partial charge in [0.1, 0.15) is 0 Å². The van der Waals surface area contributed by atoms with Crippen molar-refractivity contribution in [3.63, 3.8) is 0 Å². The fourth-order valence-corrected chi connectivity index (χ4v) is 20.5. The molecule has 438 valence electrons. The van der Waals surface area contributed by atoms with Gasteiger partial charge in [-0.3, -0.25) is 0 Å². The van der Waals surface area contributed by atoms with Gasteiger partial charge in [0.05, 0.1) is 0 Å². The SMILES string of the molecule is CC12C=CC=C(c3cccc(-c4cccc5c4sc4c(-c6ccc7c8ccccc8c8ccccc8c7c6)cccc45)c3)C1Sc1c(-c3ccccc3)cc(-c3ccc4c5ccc(-c6cccc(-c7cccc8c7sc7ccccc78)c6)cc5c5ccccc5c4c3)cc12. The smallest absolute Gasteiger partial charge is 0.0480 e. The molecular weight excluding hydrogens is 1190 g/mol. The molecule has 0 N–H and O–H groups in total. The summed E-state index contributed by atoms with van der Waals surface area (Å²) in [5.74, 6) is 0. The summed E-state index contributed by atoms with van der Waals surface area (Å²) < 4.78 is 5.32. The van der Waals surface area contributed by atoms with Crippen molar-refractivity contribution in [1.29, 1.82) is 0 Å². The number of hydrogen-bond donors (Lipinski definition) is 0. The van der Waals surface area contributed by atoms with Crippen molar-refractivity contribution in [2.24, 2.45) is 0 Å². The van der Waals surface area contributed by atoms with Crippen LogP contribution in [0.3, 0.4) is 0 Å². The molecule has 3 heterocycles. The molecule has 94 heavy (non-hydrogen) atoms. The van der Waals surface area contributed by atoms with Gasteiger partial charge in [-0.1, -0.05) is 274 Å². The number of thiophene rings is 2. The van der Waals surface area contributed by atoms with Crippen LogP contribution in [0.4, 0.5) is 0 Å². The van der Waals surface area contributed by atoms with E-state index in [0.717, 1.165) is 0 Å². The highest BCUT2D eigenvalue weighted by molar-refractivity contribution is 8.01. The predicted molar refractivity (Wildman–Crippen MR) is 410 cm³/mol. The van der Waals surface area contributed by atoms with E-state index in [1.54, 1.807) is 0 Å². The molecule has 0 radical (unpaired) electrons. The van der Waals surface area contributed by atoms with E-state index in [2.05, 4.69) is 322 Å². The third kappa shape index (κ3) is 8.18. The van der Waals surface area contributed by atoms with Gasteiger partial charge in [-0.2, -0.15) is 0 Å². The number of thioether (sulfide) groups is 1. The molecule has 0 bridgehead atoms. The molecule has 1 aliphatic carbocycles. The molecule has 18 aromatic rings. The zero-order valence-corrected chi connectivity index (χ0v) is 53.8. The second-order valence-corrected chi connectivity index (χ2v) is 29.0. The molecule has 2 aliphatic rings. The van der Waals surface area contributed by atoms with Crippen molar-refractivity contribution < 1.29 is 0 Å². The highest BCUT2D eigenvalue weighted by atomic mass is 32.2. The third-order valence-electron chi connectivity index (χ3n) is 20.7. The quantitative estimate of drug-likeness (QED) is 0.143. The van der Waals surface area contributed by atoms with Crippen molar-refractivity contribution in [2.45, 2.75) is 22.5 Å². The first-order valence-electron chi connectivity index (χ1n) is 32.5. The van der Waals surface area contributed by atoms with Crippen molar-refractivity contribution in [2.75, 3.05) is 0 Å². The zero-order valence-electron chi connectivity index (χ0n) is 51.3. The minimum absolute atomic E-state index is 0.162. The normalized spacial score (nSPS) is 15.4. The van der Waals surface area contributed by atoms with Crippen LogP contribution >= 0.6 is 34.4 Å². The molecule has 20 rings (SSSR count). The number of fused-ring (bicyclic) bond motifs is 21. The van der Waals surface area contributed by atoms with Crippen molar-refractivity contribution in [1.82, 2.24) is 0 Å². The van der Waals surface area contributed by atoms with Crippen molar-refractivity contribution in [3.8, 4) is 66.8 Å². The Kier molecular flexibility index (Phi) is 12.0. The number of benzene rings is 16. The van der Waals surface area contributed by atoms with Gasteiger partial charge in [0, 0.05) is 55.9 Å². The van der Waals surface area contributed by atoms with E-state index in [9.17, 15) is 0 Å². The maximum absolute atomic E-state index is 2.53. The highest BCUT2D eigenvalue weighted by Gasteiger charge is 2.47. The fourth-order valence-electron chi connectivity index (χ4n) is 16.2. The minimum Gasteiger partial charge on any atom is -0.135 e. The Hall–Kier alpha value is -10.7. The van der Waals surface area contributed by atoms with Gasteiger partial charge in [0.2, 0.25) is 0 Å². The fraction of sp³-hybridized carbons (Fsp3) is 0.0330. The molecule has 3 heteroatoms. The van der Waals surface area contributed by atoms with E-state index >= 15 is 0 Å². The summed E-state index contributed by atoms with van der Waals surface area (Å²) >= 11 is 5.87. The molecule has 1 aliphatic heterocycles. The van der Waals surface area contributed by atoms with Gasteiger partial charge < -0.3 is 0 Å². The molecule has 2 atom stereocenters. The van der Waals surface area contributed by atoms with E-state index in [1.807, 2.05) is 34.4 Å². The van der Waals surface area contributed by atoms with Crippen LogP contribution in [0.2, 0.25) is 0 Å². The first-order chi connectivity index (χ1) is 46.5. The highest BCUT2D eigenvalue weighted by Crippen LogP contribution is 2.60. The number of rotatable bonds is 7. The van der Waals surface area contributed by atoms with E-state index < -0.39 is 0 Å². The van der Waals surface area contributed by atoms with Gasteiger partial charge in [0.25, 0.3) is 0 Å². The maximum Gasteiger partial charge on any atom is 0.0480 e. The van der Waals surface area contributed by atoms with E-state index in [-0.39, 0.29) is 10.7 Å². The van der Waals surface area contributed by atoms with Crippen LogP contribution < -0.4 is 0 Å². The summed E-state index contributed by atoms with van der Waals surface area (Å²) in [7, 11) is 0. The van der Waals surface area contributed by atoms with Crippen LogP contribution in [0.15, 0.2) is 320 Å². The van der Waals surface area contributed by atoms with Crippen molar-refractivity contribution >= 4 is 145 Å². The summed E-state index contributed by atoms with van der Waals surface area (Å²) in [5, 5.41) is 20.8. The summed E-state index contributed by atoms with van der Waals surface area (Å²) in [4.78, 5) is 1.37. The molecule has 0 saturated carbocycles. The van der Waals surface area contributed by atoms with E-state index in [1.165, 1.54) is 193 Å². The molecule has 2 unspecified atom stereocenters. The van der Waals surface area contributed by atoms with Crippen LogP contribution in [0, 0.1) is 0 Å². The molecule has 0 fully saturated rings. The van der Waals surface area contributed by atoms with Crippen LogP contribution in [-0.4, -0.2) is 5.25 Å². The summed E-state index contributed by atoms with van der Waals surface area (Å²) in [6, 6.07) is 112. The molecule has 16 aromatic carbocycles. The zero-order chi connectivity index (χ0) is 61.8. The first kappa shape index (κ1) is 54.0. The lowest BCUT2D eigenvalue weighted by Gasteiger charge is -2.33. The molecule has 0 amide bonds. The summed E-state index contributed by atoms with van der Waals surface area (Å²) in [6.45, 7) is 2.48. The Bertz CT molecular complexity index is 6300. The first-order valence-corrected chi connectivity index (χ1v) is 35.1. The maximum atomic E-state index is 2.53. The lowest BCUT2D eigenvalue weighted by molar-refractivity contribution is 0.629. The Morgan fingerprint density at radius 3 is 1.24 bits per heavy atom. The molecule has 2 aromatic heterocycles. The lowest BCUT2D eigenvalue weighted by atomic mass is 9.72. The summed E-state index contributed by atoms with van der Waals surface area (Å²) in [6.07, 6.45) is 7.20. The molecule has 0 spiro atoms. The van der Waals surface area contributed by atoms with Gasteiger partial charge in [-0.25, -0.2) is 0 Å². The number of allylic oxidation sites excluding steroid dienone is 3. The second kappa shape index (κ2) is 20.9. The Labute approximate surface area is 556 Å². The molecular formula is C91H56S3. The minimum atomic E-state index is -0.271. The Morgan fingerprint density at radius 2 is 0.660 bits per heavy atom. The number of hydrogen-bond acceptors (Lipinski definition) is 3. The van der Waals surface area contributed by atoms with Gasteiger partial charge in [-0.15, -0.1) is 34.4 Å². The Balaban J connectivity index is 0.657. The third-order valence-corrected chi connectivity index (χ3v) is 24.9. The standard InChI is InChI=1S/C91H56S3/c1-91-46-18-38-66(60-24-14-23-59(48-60)64-33-16-36-78-79-37-17-34-65(88(79)93-87(64)78)61-42-45-73-69-27-6-5-25-67(69)68-26-7-8-28-70(68)83(73)51-61)90(91)94-89-80(54-19-3-2-4-20-54)52-62(53-84(89)91)57-41-44-75-74-43-40-56(49-81(74)71-29-9-10-30-72(71)82(75)50-57)55-21-13-22-58(47-55)63-32-15-35-77-76-31-11-12-39-85(76)92-86(63)77/h2-53,90H,1H3. The second-order valence-electron chi connectivity index (χ2n) is 25.9. The van der Waals surface area contributed by atoms with Gasteiger partial charge in [0.15, 0.2) is 0 Å². The average Bonchev–Trinajstić information content (AvgIpc) is 1.48. The van der Waals surface area contributed by atoms with Crippen LogP contribution in [0.5, 0.6) is 0 Å². The topological polar surface area (TPSA) is 0 Å².